The van der Waals surface area contributed by atoms with Crippen molar-refractivity contribution in [3.8, 4) is 5.75 Å². The molecule has 1 aromatic rings. The van der Waals surface area contributed by atoms with Crippen molar-refractivity contribution in [3.63, 3.8) is 0 Å². The van der Waals surface area contributed by atoms with Gasteiger partial charge in [-0.2, -0.15) is 0 Å². The van der Waals surface area contributed by atoms with E-state index in [1.807, 2.05) is 13.8 Å². The van der Waals surface area contributed by atoms with E-state index in [0.717, 1.165) is 0 Å². The smallest absolute Gasteiger partial charge is 0.159 e. The molecule has 0 saturated heterocycles. The van der Waals surface area contributed by atoms with Crippen LogP contribution in [0, 0.1) is 5.92 Å². The quantitative estimate of drug-likeness (QED) is 0.799. The molecule has 1 rings (SSSR count). The topological polar surface area (TPSA) is 46.5 Å². The summed E-state index contributed by atoms with van der Waals surface area (Å²) < 4.78 is 5.52. The first-order chi connectivity index (χ1) is 7.83. The number of Topliss-reactive ketones (excluding diaryl/α,β-unsaturated/α-hetero) is 1. The summed E-state index contributed by atoms with van der Waals surface area (Å²) in [5.41, 5.74) is -0.252. The molecule has 1 atom stereocenters. The summed E-state index contributed by atoms with van der Waals surface area (Å²) in [4.78, 5) is 11.2. The Morgan fingerprint density at radius 1 is 1.47 bits per heavy atom. The Hall–Kier alpha value is -1.35. The van der Waals surface area contributed by atoms with Crippen LogP contribution in [0.15, 0.2) is 24.3 Å². The zero-order valence-corrected chi connectivity index (χ0v) is 10.9. The van der Waals surface area contributed by atoms with Crippen LogP contribution in [0.1, 0.15) is 38.1 Å². The first-order valence-electron chi connectivity index (χ1n) is 5.79. The molecule has 17 heavy (non-hydrogen) atoms. The van der Waals surface area contributed by atoms with E-state index < -0.39 is 5.60 Å². The Labute approximate surface area is 102 Å². The van der Waals surface area contributed by atoms with Crippen LogP contribution in [-0.4, -0.2) is 23.1 Å². The van der Waals surface area contributed by atoms with E-state index in [-0.39, 0.29) is 18.3 Å². The second-order valence-corrected chi connectivity index (χ2v) is 4.88. The van der Waals surface area contributed by atoms with Gasteiger partial charge in [0.15, 0.2) is 5.78 Å². The largest absolute Gasteiger partial charge is 0.491 e. The Bertz CT molecular complexity index is 394. The maximum atomic E-state index is 11.2. The van der Waals surface area contributed by atoms with Gasteiger partial charge in [0, 0.05) is 5.56 Å². The van der Waals surface area contributed by atoms with Gasteiger partial charge in [-0.3, -0.25) is 4.79 Å². The fourth-order valence-electron chi connectivity index (χ4n) is 1.20. The molecule has 0 amide bonds. The summed E-state index contributed by atoms with van der Waals surface area (Å²) in [7, 11) is 0. The molecule has 0 radical (unpaired) electrons. The van der Waals surface area contributed by atoms with Gasteiger partial charge in [-0.1, -0.05) is 26.0 Å². The van der Waals surface area contributed by atoms with Crippen LogP contribution in [0.25, 0.3) is 0 Å². The highest BCUT2D eigenvalue weighted by Crippen LogP contribution is 2.20. The number of ketones is 1. The highest BCUT2D eigenvalue weighted by atomic mass is 16.5. The third kappa shape index (κ3) is 3.86. The molecule has 1 aromatic carbocycles. The number of hydrogen-bond acceptors (Lipinski definition) is 3. The average molecular weight is 236 g/mol. The van der Waals surface area contributed by atoms with Crippen LogP contribution in [0.2, 0.25) is 0 Å². The summed E-state index contributed by atoms with van der Waals surface area (Å²) in [6.45, 7) is 7.35. The third-order valence-corrected chi connectivity index (χ3v) is 3.02. The average Bonchev–Trinajstić information content (AvgIpc) is 2.26. The lowest BCUT2D eigenvalue weighted by atomic mass is 9.94. The lowest BCUT2D eigenvalue weighted by molar-refractivity contribution is -0.0266. The lowest BCUT2D eigenvalue weighted by Crippen LogP contribution is -2.37. The second kappa shape index (κ2) is 5.32. The standard InChI is InChI=1S/C14H20O3/c1-10(2)14(4,16)9-17-13-7-5-6-12(8-13)11(3)15/h5-8,10,16H,9H2,1-4H3. The summed E-state index contributed by atoms with van der Waals surface area (Å²) in [6, 6.07) is 6.99. The van der Waals surface area contributed by atoms with Gasteiger partial charge in [0.25, 0.3) is 0 Å². The van der Waals surface area contributed by atoms with Gasteiger partial charge >= 0.3 is 0 Å². The summed E-state index contributed by atoms with van der Waals surface area (Å²) in [5, 5.41) is 10.0. The summed E-state index contributed by atoms with van der Waals surface area (Å²) >= 11 is 0. The SMILES string of the molecule is CC(=O)c1cccc(OCC(C)(O)C(C)C)c1. The molecule has 0 spiro atoms. The number of carbonyl (C=O) groups excluding carboxylic acids is 1. The van der Waals surface area contributed by atoms with Crippen LogP contribution < -0.4 is 4.74 Å². The van der Waals surface area contributed by atoms with Gasteiger partial charge in [-0.05, 0) is 31.9 Å². The van der Waals surface area contributed by atoms with Crippen molar-refractivity contribution in [2.24, 2.45) is 5.92 Å². The number of aliphatic hydroxyl groups is 1. The normalized spacial score (nSPS) is 14.5. The van der Waals surface area contributed by atoms with Crippen LogP contribution in [-0.2, 0) is 0 Å². The first kappa shape index (κ1) is 13.7. The van der Waals surface area contributed by atoms with E-state index in [4.69, 9.17) is 4.74 Å². The molecule has 3 heteroatoms. The van der Waals surface area contributed by atoms with Crippen molar-refractivity contribution in [1.82, 2.24) is 0 Å². The number of ether oxygens (including phenoxy) is 1. The summed E-state index contributed by atoms with van der Waals surface area (Å²) in [5.74, 6) is 0.725. The molecular formula is C14H20O3. The third-order valence-electron chi connectivity index (χ3n) is 3.02. The van der Waals surface area contributed by atoms with Gasteiger partial charge in [0.1, 0.15) is 12.4 Å². The van der Waals surface area contributed by atoms with E-state index in [2.05, 4.69) is 0 Å². The predicted octanol–water partition coefficient (Wildman–Crippen LogP) is 2.68. The highest BCUT2D eigenvalue weighted by Gasteiger charge is 2.25. The van der Waals surface area contributed by atoms with Gasteiger partial charge in [-0.25, -0.2) is 0 Å². The monoisotopic (exact) mass is 236 g/mol. The minimum Gasteiger partial charge on any atom is -0.491 e. The van der Waals surface area contributed by atoms with Crippen molar-refractivity contribution in [3.05, 3.63) is 29.8 Å². The molecule has 0 aliphatic rings. The molecule has 0 saturated carbocycles. The van der Waals surface area contributed by atoms with Gasteiger partial charge < -0.3 is 9.84 Å². The van der Waals surface area contributed by atoms with E-state index in [1.165, 1.54) is 6.92 Å². The Balaban J connectivity index is 2.70. The van der Waals surface area contributed by atoms with E-state index in [9.17, 15) is 9.90 Å². The molecule has 0 heterocycles. The van der Waals surface area contributed by atoms with Crippen molar-refractivity contribution in [1.29, 1.82) is 0 Å². The maximum absolute atomic E-state index is 11.2. The fraction of sp³-hybridized carbons (Fsp3) is 0.500. The fourth-order valence-corrected chi connectivity index (χ4v) is 1.20. The van der Waals surface area contributed by atoms with Crippen molar-refractivity contribution < 1.29 is 14.6 Å². The van der Waals surface area contributed by atoms with Crippen LogP contribution in [0.5, 0.6) is 5.75 Å². The van der Waals surface area contributed by atoms with Crippen LogP contribution >= 0.6 is 0 Å². The number of rotatable bonds is 5. The predicted molar refractivity (Wildman–Crippen MR) is 67.4 cm³/mol. The Morgan fingerprint density at radius 2 is 2.12 bits per heavy atom. The number of benzene rings is 1. The van der Waals surface area contributed by atoms with E-state index in [0.29, 0.717) is 11.3 Å². The van der Waals surface area contributed by atoms with E-state index >= 15 is 0 Å². The minimum atomic E-state index is -0.869. The van der Waals surface area contributed by atoms with Gasteiger partial charge in [-0.15, -0.1) is 0 Å². The van der Waals surface area contributed by atoms with Crippen molar-refractivity contribution in [2.75, 3.05) is 6.61 Å². The molecule has 0 bridgehead atoms. The number of hydrogen-bond donors (Lipinski definition) is 1. The van der Waals surface area contributed by atoms with Crippen LogP contribution in [0.4, 0.5) is 0 Å². The molecule has 3 nitrogen and oxygen atoms in total. The first-order valence-corrected chi connectivity index (χ1v) is 5.79. The zero-order valence-electron chi connectivity index (χ0n) is 10.9. The molecule has 0 fully saturated rings. The molecule has 1 unspecified atom stereocenters. The van der Waals surface area contributed by atoms with Crippen LogP contribution in [0.3, 0.4) is 0 Å². The molecular weight excluding hydrogens is 216 g/mol. The molecule has 94 valence electrons. The number of carbonyl (C=O) groups is 1. The van der Waals surface area contributed by atoms with E-state index in [1.54, 1.807) is 31.2 Å². The minimum absolute atomic E-state index is 0.00562. The maximum Gasteiger partial charge on any atom is 0.159 e. The highest BCUT2D eigenvalue weighted by molar-refractivity contribution is 5.94. The lowest BCUT2D eigenvalue weighted by Gasteiger charge is -2.27. The van der Waals surface area contributed by atoms with Gasteiger partial charge in [0.2, 0.25) is 0 Å². The Kier molecular flexibility index (Phi) is 4.29. The van der Waals surface area contributed by atoms with Crippen molar-refractivity contribution in [2.45, 2.75) is 33.3 Å². The van der Waals surface area contributed by atoms with Gasteiger partial charge in [0.05, 0.1) is 5.60 Å². The summed E-state index contributed by atoms with van der Waals surface area (Å²) in [6.07, 6.45) is 0. The zero-order chi connectivity index (χ0) is 13.1. The molecule has 1 N–H and O–H groups in total. The molecule has 0 aromatic heterocycles. The molecule has 0 aliphatic carbocycles. The van der Waals surface area contributed by atoms with Crippen molar-refractivity contribution >= 4 is 5.78 Å². The molecule has 0 aliphatic heterocycles. The Morgan fingerprint density at radius 3 is 2.65 bits per heavy atom. The second-order valence-electron chi connectivity index (χ2n) is 4.88.